The molecule has 3 heterocycles. The molecule has 0 aromatic carbocycles. The summed E-state index contributed by atoms with van der Waals surface area (Å²) in [5.41, 5.74) is 1.71. The highest BCUT2D eigenvalue weighted by Crippen LogP contribution is 2.33. The van der Waals surface area contributed by atoms with E-state index in [1.165, 1.54) is 12.6 Å². The number of halogens is 2. The molecule has 1 aromatic heterocycles. The lowest BCUT2D eigenvalue weighted by Gasteiger charge is -2.37. The summed E-state index contributed by atoms with van der Waals surface area (Å²) in [5.74, 6) is -0.138. The molecule has 3 rings (SSSR count). The molecule has 0 radical (unpaired) electrons. The summed E-state index contributed by atoms with van der Waals surface area (Å²) in [6.45, 7) is 1.44. The molecule has 2 aliphatic rings. The number of hydrogen-bond donors (Lipinski definition) is 1. The molecule has 1 fully saturated rings. The van der Waals surface area contributed by atoms with E-state index >= 15 is 0 Å². The van der Waals surface area contributed by atoms with Crippen LogP contribution in [0.1, 0.15) is 24.1 Å². The number of carbonyl (C=O) groups excluding carboxylic acids is 1. The smallest absolute Gasteiger partial charge is 0.255 e. The number of aromatic nitrogens is 2. The monoisotopic (exact) mass is 330 g/mol. The predicted octanol–water partition coefficient (Wildman–Crippen LogP) is 1.46. The Bertz CT molecular complexity index is 595. The summed E-state index contributed by atoms with van der Waals surface area (Å²) >= 11 is 5.76. The first-order valence-electron chi connectivity index (χ1n) is 6.94. The van der Waals surface area contributed by atoms with E-state index in [1.54, 1.807) is 4.90 Å². The minimum atomic E-state index is -0.888. The number of nitrogens with zero attached hydrogens (tertiary/aromatic N) is 3. The zero-order valence-corrected chi connectivity index (χ0v) is 12.8. The normalized spacial score (nSPS) is 19.9. The number of rotatable bonds is 3. The largest absolute Gasteiger partial charge is 0.381 e. The average molecular weight is 331 g/mol. The molecule has 120 valence electrons. The highest BCUT2D eigenvalue weighted by atomic mass is 35.5. The molecule has 0 unspecified atom stereocenters. The Morgan fingerprint density at radius 2 is 2.14 bits per heavy atom. The van der Waals surface area contributed by atoms with Crippen molar-refractivity contribution in [1.29, 1.82) is 0 Å². The fourth-order valence-electron chi connectivity index (χ4n) is 2.94. The minimum Gasteiger partial charge on any atom is -0.381 e. The second-order valence-corrected chi connectivity index (χ2v) is 5.67. The van der Waals surface area contributed by atoms with Crippen LogP contribution >= 0.6 is 11.6 Å². The maximum atomic E-state index is 12.9. The van der Waals surface area contributed by atoms with Gasteiger partial charge in [0.2, 0.25) is 5.28 Å². The number of carbonyl (C=O) groups is 1. The number of nitrogens with one attached hydrogen (secondary N) is 1. The third-order valence-electron chi connectivity index (χ3n) is 4.21. The van der Waals surface area contributed by atoms with Gasteiger partial charge in [0.25, 0.3) is 5.91 Å². The van der Waals surface area contributed by atoms with Crippen LogP contribution in [-0.4, -0.2) is 46.7 Å². The number of anilines is 1. The molecule has 1 N–H and O–H groups in total. The Hall–Kier alpha value is -1.51. The fraction of sp³-hybridized carbons (Fsp3) is 0.615. The van der Waals surface area contributed by atoms with Crippen LogP contribution in [0.2, 0.25) is 5.28 Å². The van der Waals surface area contributed by atoms with E-state index in [2.05, 4.69) is 9.97 Å². The van der Waals surface area contributed by atoms with Gasteiger partial charge in [0.1, 0.15) is 0 Å². The fourth-order valence-corrected chi connectivity index (χ4v) is 3.13. The van der Waals surface area contributed by atoms with Gasteiger partial charge in [-0.15, -0.1) is 4.48 Å². The van der Waals surface area contributed by atoms with Gasteiger partial charge >= 0.3 is 0 Å². The van der Waals surface area contributed by atoms with Gasteiger partial charge in [-0.3, -0.25) is 4.79 Å². The standard InChI is InChI=1S/C13H16ClFN4O3/c1-21-13(2-4-22-5-3-13)11(20)19-6-8-9(7-19)16-12(14)17-10(8)18-15/h2-7H2,1H3,(H,16,17,18). The van der Waals surface area contributed by atoms with Crippen LogP contribution in [-0.2, 0) is 27.4 Å². The van der Waals surface area contributed by atoms with Gasteiger partial charge in [-0.05, 0) is 11.6 Å². The van der Waals surface area contributed by atoms with E-state index in [0.29, 0.717) is 37.3 Å². The zero-order chi connectivity index (χ0) is 15.7. The van der Waals surface area contributed by atoms with E-state index in [4.69, 9.17) is 21.1 Å². The molecule has 22 heavy (non-hydrogen) atoms. The Kier molecular flexibility index (Phi) is 4.16. The second-order valence-electron chi connectivity index (χ2n) is 5.33. The highest BCUT2D eigenvalue weighted by Gasteiger charge is 2.44. The molecule has 0 aliphatic carbocycles. The molecule has 0 bridgehead atoms. The Morgan fingerprint density at radius 3 is 2.77 bits per heavy atom. The minimum absolute atomic E-state index is 0.00347. The molecule has 1 amide bonds. The van der Waals surface area contributed by atoms with Crippen LogP contribution in [0.15, 0.2) is 0 Å². The summed E-state index contributed by atoms with van der Waals surface area (Å²) < 4.78 is 23.7. The van der Waals surface area contributed by atoms with Crippen LogP contribution in [0, 0.1) is 0 Å². The van der Waals surface area contributed by atoms with E-state index < -0.39 is 5.60 Å². The van der Waals surface area contributed by atoms with Gasteiger partial charge < -0.3 is 14.4 Å². The van der Waals surface area contributed by atoms with Crippen molar-refractivity contribution < 1.29 is 18.7 Å². The number of fused-ring (bicyclic) bond motifs is 1. The SMILES string of the molecule is COC1(C(=O)N2Cc3nc(Cl)nc(NF)c3C2)CCOCC1. The van der Waals surface area contributed by atoms with E-state index in [-0.39, 0.29) is 30.1 Å². The predicted molar refractivity (Wildman–Crippen MR) is 75.8 cm³/mol. The first-order chi connectivity index (χ1) is 10.6. The zero-order valence-electron chi connectivity index (χ0n) is 12.1. The Balaban J connectivity index is 1.84. The first kappa shape index (κ1) is 15.4. The van der Waals surface area contributed by atoms with Crippen molar-refractivity contribution in [3.05, 3.63) is 16.5 Å². The Labute approximate surface area is 131 Å². The molecular weight excluding hydrogens is 315 g/mol. The van der Waals surface area contributed by atoms with Crippen molar-refractivity contribution in [2.45, 2.75) is 31.5 Å². The quantitative estimate of drug-likeness (QED) is 0.668. The van der Waals surface area contributed by atoms with Crippen LogP contribution in [0.4, 0.5) is 10.3 Å². The van der Waals surface area contributed by atoms with Gasteiger partial charge in [-0.2, -0.15) is 4.98 Å². The average Bonchev–Trinajstić information content (AvgIpc) is 2.97. The molecule has 1 aromatic rings. The lowest BCUT2D eigenvalue weighted by molar-refractivity contribution is -0.167. The molecule has 0 spiro atoms. The van der Waals surface area contributed by atoms with E-state index in [9.17, 15) is 9.28 Å². The van der Waals surface area contributed by atoms with Gasteiger partial charge in [0, 0.05) is 38.7 Å². The van der Waals surface area contributed by atoms with Gasteiger partial charge in [-0.25, -0.2) is 10.5 Å². The summed E-state index contributed by atoms with van der Waals surface area (Å²) in [6, 6.07) is 0. The van der Waals surface area contributed by atoms with Crippen molar-refractivity contribution >= 4 is 23.3 Å². The summed E-state index contributed by atoms with van der Waals surface area (Å²) in [6.07, 6.45) is 0.992. The van der Waals surface area contributed by atoms with Crippen LogP contribution in [0.3, 0.4) is 0 Å². The number of hydrogen-bond acceptors (Lipinski definition) is 6. The number of amides is 1. The third-order valence-corrected chi connectivity index (χ3v) is 4.38. The van der Waals surface area contributed by atoms with E-state index in [0.717, 1.165) is 0 Å². The second kappa shape index (κ2) is 5.94. The molecular formula is C13H16ClFN4O3. The first-order valence-corrected chi connectivity index (χ1v) is 7.31. The van der Waals surface area contributed by atoms with Gasteiger partial charge in [-0.1, -0.05) is 0 Å². The molecule has 0 saturated carbocycles. The molecule has 9 heteroatoms. The summed E-state index contributed by atoms with van der Waals surface area (Å²) in [7, 11) is 1.53. The molecule has 1 saturated heterocycles. The van der Waals surface area contributed by atoms with Crippen molar-refractivity contribution in [2.24, 2.45) is 0 Å². The summed E-state index contributed by atoms with van der Waals surface area (Å²) in [4.78, 5) is 22.3. The number of ether oxygens (including phenoxy) is 2. The van der Waals surface area contributed by atoms with Crippen LogP contribution in [0.5, 0.6) is 0 Å². The summed E-state index contributed by atoms with van der Waals surface area (Å²) in [5, 5.41) is -0.0549. The van der Waals surface area contributed by atoms with Crippen molar-refractivity contribution in [3.63, 3.8) is 0 Å². The molecule has 2 aliphatic heterocycles. The van der Waals surface area contributed by atoms with E-state index in [1.807, 2.05) is 0 Å². The van der Waals surface area contributed by atoms with Crippen LogP contribution < -0.4 is 5.54 Å². The topological polar surface area (TPSA) is 76.6 Å². The third kappa shape index (κ3) is 2.51. The van der Waals surface area contributed by atoms with Crippen LogP contribution in [0.25, 0.3) is 0 Å². The van der Waals surface area contributed by atoms with Gasteiger partial charge in [0.05, 0.1) is 18.8 Å². The van der Waals surface area contributed by atoms with Gasteiger partial charge in [0.15, 0.2) is 11.4 Å². The van der Waals surface area contributed by atoms with Crippen molar-refractivity contribution in [2.75, 3.05) is 25.9 Å². The van der Waals surface area contributed by atoms with Crippen molar-refractivity contribution in [3.8, 4) is 0 Å². The lowest BCUT2D eigenvalue weighted by Crippen LogP contribution is -2.51. The molecule has 7 nitrogen and oxygen atoms in total. The number of methoxy groups -OCH3 is 1. The highest BCUT2D eigenvalue weighted by molar-refractivity contribution is 6.28. The maximum absolute atomic E-state index is 12.9. The Morgan fingerprint density at radius 1 is 1.41 bits per heavy atom. The van der Waals surface area contributed by atoms with Crippen molar-refractivity contribution in [1.82, 2.24) is 14.9 Å². The lowest BCUT2D eigenvalue weighted by atomic mass is 9.92. The maximum Gasteiger partial charge on any atom is 0.255 e. The molecule has 0 atom stereocenters.